The highest BCUT2D eigenvalue weighted by Crippen LogP contribution is 2.11. The van der Waals surface area contributed by atoms with Gasteiger partial charge in [0, 0.05) is 12.1 Å². The van der Waals surface area contributed by atoms with Crippen LogP contribution in [-0.4, -0.2) is 24.5 Å². The van der Waals surface area contributed by atoms with Crippen LogP contribution >= 0.6 is 0 Å². The summed E-state index contributed by atoms with van der Waals surface area (Å²) in [6.45, 7) is 14.0. The molecule has 1 rings (SSSR count). The first-order chi connectivity index (χ1) is 8.65. The van der Waals surface area contributed by atoms with Crippen molar-refractivity contribution in [1.82, 2.24) is 10.2 Å². The van der Waals surface area contributed by atoms with Gasteiger partial charge in [-0.2, -0.15) is 0 Å². The van der Waals surface area contributed by atoms with Crippen LogP contribution in [0, 0.1) is 5.92 Å². The molecule has 0 bridgehead atoms. The smallest absolute Gasteiger partial charge is 0.118 e. The molecule has 0 aliphatic carbocycles. The van der Waals surface area contributed by atoms with Gasteiger partial charge in [0.05, 0.1) is 12.8 Å². The van der Waals surface area contributed by atoms with Crippen molar-refractivity contribution >= 4 is 0 Å². The number of hydrogen-bond donors (Lipinski definition) is 1. The van der Waals surface area contributed by atoms with Gasteiger partial charge >= 0.3 is 0 Å². The second-order valence-corrected chi connectivity index (χ2v) is 5.31. The van der Waals surface area contributed by atoms with Crippen molar-refractivity contribution in [1.29, 1.82) is 0 Å². The molecule has 18 heavy (non-hydrogen) atoms. The number of hydrogen-bond acceptors (Lipinski definition) is 3. The second kappa shape index (κ2) is 8.33. The van der Waals surface area contributed by atoms with Gasteiger partial charge < -0.3 is 9.73 Å². The molecule has 1 aromatic rings. The number of rotatable bonds is 9. The summed E-state index contributed by atoms with van der Waals surface area (Å²) in [7, 11) is 0. The van der Waals surface area contributed by atoms with E-state index in [0.717, 1.165) is 38.5 Å². The predicted octanol–water partition coefficient (Wildman–Crippen LogP) is 3.26. The minimum atomic E-state index is 0.691. The molecule has 0 aliphatic rings. The van der Waals surface area contributed by atoms with Crippen LogP contribution < -0.4 is 5.32 Å². The molecule has 0 radical (unpaired) electrons. The molecule has 3 nitrogen and oxygen atoms in total. The highest BCUT2D eigenvalue weighted by atomic mass is 16.3. The summed E-state index contributed by atoms with van der Waals surface area (Å²) >= 11 is 0. The van der Waals surface area contributed by atoms with Gasteiger partial charge in [0.15, 0.2) is 0 Å². The van der Waals surface area contributed by atoms with Crippen LogP contribution in [0.2, 0.25) is 0 Å². The monoisotopic (exact) mass is 252 g/mol. The van der Waals surface area contributed by atoms with Crippen LogP contribution in [0.4, 0.5) is 0 Å². The zero-order valence-corrected chi connectivity index (χ0v) is 12.3. The average Bonchev–Trinajstić information content (AvgIpc) is 2.76. The average molecular weight is 252 g/mol. The number of nitrogens with zero attached hydrogens (tertiary/aromatic N) is 1. The molecule has 104 valence electrons. The van der Waals surface area contributed by atoms with E-state index >= 15 is 0 Å². The lowest BCUT2D eigenvalue weighted by atomic mass is 10.2. The fraction of sp³-hybridized carbons (Fsp3) is 0.733. The third-order valence-corrected chi connectivity index (χ3v) is 2.96. The van der Waals surface area contributed by atoms with Crippen molar-refractivity contribution in [3.63, 3.8) is 0 Å². The summed E-state index contributed by atoms with van der Waals surface area (Å²) in [5.74, 6) is 1.77. The van der Waals surface area contributed by atoms with Crippen molar-refractivity contribution in [2.45, 2.75) is 47.2 Å². The first-order valence-corrected chi connectivity index (χ1v) is 7.15. The zero-order chi connectivity index (χ0) is 13.4. The van der Waals surface area contributed by atoms with Gasteiger partial charge in [-0.3, -0.25) is 4.90 Å². The molecule has 1 N–H and O–H groups in total. The summed E-state index contributed by atoms with van der Waals surface area (Å²) in [5, 5.41) is 3.43. The Bertz CT molecular complexity index is 320. The molecule has 0 saturated carbocycles. The number of nitrogens with one attached hydrogen (secondary N) is 1. The van der Waals surface area contributed by atoms with E-state index in [-0.39, 0.29) is 0 Å². The van der Waals surface area contributed by atoms with Gasteiger partial charge in [0.1, 0.15) is 5.76 Å². The van der Waals surface area contributed by atoms with E-state index in [2.05, 4.69) is 44.0 Å². The highest BCUT2D eigenvalue weighted by molar-refractivity contribution is 5.12. The summed E-state index contributed by atoms with van der Waals surface area (Å²) < 4.78 is 5.62. The third-order valence-electron chi connectivity index (χ3n) is 2.96. The van der Waals surface area contributed by atoms with Crippen LogP contribution in [-0.2, 0) is 13.1 Å². The van der Waals surface area contributed by atoms with Crippen LogP contribution in [0.1, 0.15) is 45.4 Å². The van der Waals surface area contributed by atoms with Crippen molar-refractivity contribution in [2.75, 3.05) is 19.6 Å². The van der Waals surface area contributed by atoms with Crippen LogP contribution in [0.5, 0.6) is 0 Å². The molecule has 0 saturated heterocycles. The van der Waals surface area contributed by atoms with E-state index in [1.807, 2.05) is 6.26 Å². The van der Waals surface area contributed by atoms with Crippen LogP contribution in [0.3, 0.4) is 0 Å². The van der Waals surface area contributed by atoms with Gasteiger partial charge in [-0.15, -0.1) is 0 Å². The quantitative estimate of drug-likeness (QED) is 0.731. The lowest BCUT2D eigenvalue weighted by molar-refractivity contribution is 0.256. The Labute approximate surface area is 112 Å². The Morgan fingerprint density at radius 2 is 2.11 bits per heavy atom. The largest absolute Gasteiger partial charge is 0.468 e. The van der Waals surface area contributed by atoms with E-state index in [4.69, 9.17) is 4.42 Å². The lowest BCUT2D eigenvalue weighted by Gasteiger charge is -2.17. The Kier molecular flexibility index (Phi) is 7.06. The Morgan fingerprint density at radius 1 is 1.33 bits per heavy atom. The fourth-order valence-electron chi connectivity index (χ4n) is 1.99. The minimum absolute atomic E-state index is 0.691. The molecule has 0 aliphatic heterocycles. The molecular weight excluding hydrogens is 224 g/mol. The van der Waals surface area contributed by atoms with Gasteiger partial charge in [0.25, 0.3) is 0 Å². The molecule has 0 spiro atoms. The first kappa shape index (κ1) is 15.3. The van der Waals surface area contributed by atoms with Gasteiger partial charge in [0.2, 0.25) is 0 Å². The fourth-order valence-corrected chi connectivity index (χ4v) is 1.99. The maximum absolute atomic E-state index is 5.62. The van der Waals surface area contributed by atoms with E-state index < -0.39 is 0 Å². The second-order valence-electron chi connectivity index (χ2n) is 5.31. The number of furan rings is 1. The van der Waals surface area contributed by atoms with Gasteiger partial charge in [-0.25, -0.2) is 0 Å². The Balaban J connectivity index is 2.37. The van der Waals surface area contributed by atoms with Gasteiger partial charge in [-0.05, 0) is 38.0 Å². The summed E-state index contributed by atoms with van der Waals surface area (Å²) in [6.07, 6.45) is 3.07. The molecular formula is C15H28N2O. The van der Waals surface area contributed by atoms with E-state index in [1.165, 1.54) is 12.0 Å². The molecule has 1 aromatic heterocycles. The minimum Gasteiger partial charge on any atom is -0.468 e. The summed E-state index contributed by atoms with van der Waals surface area (Å²) in [4.78, 5) is 2.41. The first-order valence-electron chi connectivity index (χ1n) is 7.15. The van der Waals surface area contributed by atoms with Crippen molar-refractivity contribution in [2.24, 2.45) is 5.92 Å². The standard InChI is InChI=1S/C15H28N2O/c1-5-7-17(6-2)11-15-8-14(12-18-15)10-16-9-13(3)4/h8,12-13,16H,5-7,9-11H2,1-4H3. The SMILES string of the molecule is CCCN(CC)Cc1cc(CNCC(C)C)co1. The zero-order valence-electron chi connectivity index (χ0n) is 12.3. The maximum atomic E-state index is 5.62. The van der Waals surface area contributed by atoms with Crippen LogP contribution in [0.25, 0.3) is 0 Å². The molecule has 3 heteroatoms. The van der Waals surface area contributed by atoms with E-state index in [0.29, 0.717) is 5.92 Å². The Morgan fingerprint density at radius 3 is 2.72 bits per heavy atom. The van der Waals surface area contributed by atoms with Crippen LogP contribution in [0.15, 0.2) is 16.7 Å². The van der Waals surface area contributed by atoms with E-state index in [9.17, 15) is 0 Å². The molecule has 0 atom stereocenters. The molecule has 0 aromatic carbocycles. The molecule has 1 heterocycles. The highest BCUT2D eigenvalue weighted by Gasteiger charge is 2.07. The third kappa shape index (κ3) is 5.69. The van der Waals surface area contributed by atoms with E-state index in [1.54, 1.807) is 0 Å². The van der Waals surface area contributed by atoms with Crippen molar-refractivity contribution in [3.8, 4) is 0 Å². The molecule has 0 unspecified atom stereocenters. The molecule has 0 amide bonds. The summed E-state index contributed by atoms with van der Waals surface area (Å²) in [6, 6.07) is 2.17. The topological polar surface area (TPSA) is 28.4 Å². The molecule has 0 fully saturated rings. The maximum Gasteiger partial charge on any atom is 0.118 e. The van der Waals surface area contributed by atoms with Crippen molar-refractivity contribution in [3.05, 3.63) is 23.7 Å². The van der Waals surface area contributed by atoms with Gasteiger partial charge in [-0.1, -0.05) is 27.7 Å². The Hall–Kier alpha value is -0.800. The van der Waals surface area contributed by atoms with Crippen molar-refractivity contribution < 1.29 is 4.42 Å². The summed E-state index contributed by atoms with van der Waals surface area (Å²) in [5.41, 5.74) is 1.25. The predicted molar refractivity (Wildman–Crippen MR) is 76.5 cm³/mol. The normalized spacial score (nSPS) is 11.7. The lowest BCUT2D eigenvalue weighted by Crippen LogP contribution is -2.23.